The third kappa shape index (κ3) is 2.10. The molecule has 0 spiro atoms. The van der Waals surface area contributed by atoms with Crippen LogP contribution in [0, 0.1) is 0 Å². The van der Waals surface area contributed by atoms with Crippen molar-refractivity contribution in [2.45, 2.75) is 25.1 Å². The maximum Gasteiger partial charge on any atom is 0.387 e. The average Bonchev–Trinajstić information content (AvgIpc) is 3.05. The minimum atomic E-state index is -2.94. The summed E-state index contributed by atoms with van der Waals surface area (Å²) in [5.41, 5.74) is 3.21. The maximum absolute atomic E-state index is 13.0. The molecule has 7 heteroatoms. The second-order valence-electron chi connectivity index (χ2n) is 6.13. The number of nitrogens with zero attached hydrogens (tertiary/aromatic N) is 3. The molecule has 0 amide bonds. The van der Waals surface area contributed by atoms with Gasteiger partial charge in [0.25, 0.3) is 0 Å². The number of halogens is 3. The Morgan fingerprint density at radius 2 is 2.04 bits per heavy atom. The number of hydrogen-bond donors (Lipinski definition) is 0. The zero-order valence-electron chi connectivity index (χ0n) is 12.9. The molecule has 0 saturated heterocycles. The first-order valence-electron chi connectivity index (χ1n) is 7.90. The van der Waals surface area contributed by atoms with Crippen molar-refractivity contribution in [1.29, 1.82) is 0 Å². The van der Waals surface area contributed by atoms with Gasteiger partial charge in [-0.3, -0.25) is 4.99 Å². The number of alkyl halides is 2. The van der Waals surface area contributed by atoms with E-state index in [0.29, 0.717) is 12.0 Å². The number of benzene rings is 2. The highest BCUT2D eigenvalue weighted by Gasteiger charge is 2.39. The molecule has 3 heterocycles. The van der Waals surface area contributed by atoms with E-state index in [4.69, 9.17) is 21.3 Å². The molecule has 0 unspecified atom stereocenters. The van der Waals surface area contributed by atoms with E-state index < -0.39 is 6.61 Å². The Kier molecular flexibility index (Phi) is 3.12. The number of imidazole rings is 1. The molecule has 2 aliphatic heterocycles. The average molecular weight is 360 g/mol. The van der Waals surface area contributed by atoms with Gasteiger partial charge in [-0.1, -0.05) is 29.8 Å². The first-order valence-corrected chi connectivity index (χ1v) is 8.28. The Balaban J connectivity index is 1.80. The van der Waals surface area contributed by atoms with E-state index in [2.05, 4.69) is 9.56 Å². The van der Waals surface area contributed by atoms with Crippen molar-refractivity contribution in [3.8, 4) is 5.75 Å². The lowest BCUT2D eigenvalue weighted by Gasteiger charge is -2.21. The number of aliphatic imine (C=N–C) groups is 1. The van der Waals surface area contributed by atoms with E-state index in [1.54, 1.807) is 18.3 Å². The zero-order valence-corrected chi connectivity index (χ0v) is 13.6. The largest absolute Gasteiger partial charge is 0.433 e. The number of hydrogen-bond acceptors (Lipinski definition) is 3. The van der Waals surface area contributed by atoms with E-state index in [1.165, 1.54) is 0 Å². The highest BCUT2D eigenvalue weighted by atomic mass is 35.5. The molecular weight excluding hydrogens is 348 g/mol. The lowest BCUT2D eigenvalue weighted by atomic mass is 9.98. The molecule has 2 aromatic carbocycles. The van der Waals surface area contributed by atoms with Crippen LogP contribution in [-0.2, 0) is 0 Å². The summed E-state index contributed by atoms with van der Waals surface area (Å²) in [7, 11) is 0. The fourth-order valence-electron chi connectivity index (χ4n) is 3.85. The van der Waals surface area contributed by atoms with E-state index in [0.717, 1.165) is 22.4 Å². The Labute approximate surface area is 146 Å². The lowest BCUT2D eigenvalue weighted by molar-refractivity contribution is -0.0506. The fourth-order valence-corrected chi connectivity index (χ4v) is 4.06. The third-order valence-corrected chi connectivity index (χ3v) is 5.09. The van der Waals surface area contributed by atoms with Gasteiger partial charge in [-0.15, -0.1) is 0 Å². The van der Waals surface area contributed by atoms with Gasteiger partial charge in [0.1, 0.15) is 11.9 Å². The highest BCUT2D eigenvalue weighted by molar-refractivity contribution is 6.32. The fraction of sp³-hybridized carbons (Fsp3) is 0.222. The van der Waals surface area contributed by atoms with Crippen LogP contribution in [0.15, 0.2) is 41.4 Å². The molecule has 126 valence electrons. The molecular formula is C18H12ClF2N3O. The summed E-state index contributed by atoms with van der Waals surface area (Å²) < 4.78 is 32.8. The monoisotopic (exact) mass is 359 g/mol. The van der Waals surface area contributed by atoms with Crippen LogP contribution in [-0.4, -0.2) is 22.4 Å². The van der Waals surface area contributed by atoms with Crippen molar-refractivity contribution >= 4 is 28.8 Å². The minimum absolute atomic E-state index is 0.0249. The molecule has 0 N–H and O–H groups in total. The van der Waals surface area contributed by atoms with E-state index in [1.807, 2.05) is 24.3 Å². The normalized spacial score (nSPS) is 20.6. The molecule has 2 atom stereocenters. The molecule has 0 fully saturated rings. The van der Waals surface area contributed by atoms with Crippen LogP contribution < -0.4 is 4.74 Å². The molecule has 5 rings (SSSR count). The lowest BCUT2D eigenvalue weighted by Crippen LogP contribution is -2.13. The second-order valence-corrected chi connectivity index (χ2v) is 6.54. The van der Waals surface area contributed by atoms with Crippen LogP contribution in [0.2, 0.25) is 5.02 Å². The Bertz CT molecular complexity index is 1030. The number of rotatable bonds is 2. The van der Waals surface area contributed by atoms with Gasteiger partial charge in [0.15, 0.2) is 5.75 Å². The summed E-state index contributed by atoms with van der Waals surface area (Å²) in [6.07, 6.45) is 2.36. The minimum Gasteiger partial charge on any atom is -0.433 e. The number of aromatic nitrogens is 2. The topological polar surface area (TPSA) is 39.4 Å². The Hall–Kier alpha value is -2.47. The van der Waals surface area contributed by atoms with Crippen LogP contribution in [0.1, 0.15) is 35.5 Å². The van der Waals surface area contributed by atoms with Crippen LogP contribution in [0.4, 0.5) is 8.78 Å². The van der Waals surface area contributed by atoms with E-state index in [-0.39, 0.29) is 22.9 Å². The number of ether oxygens (including phenoxy) is 1. The van der Waals surface area contributed by atoms with Gasteiger partial charge in [-0.05, 0) is 18.2 Å². The van der Waals surface area contributed by atoms with Gasteiger partial charge in [-0.25, -0.2) is 4.98 Å². The van der Waals surface area contributed by atoms with Crippen molar-refractivity contribution in [3.05, 3.63) is 58.4 Å². The highest BCUT2D eigenvalue weighted by Crippen LogP contribution is 2.49. The molecule has 1 aromatic heterocycles. The Morgan fingerprint density at radius 1 is 1.20 bits per heavy atom. The molecule has 4 nitrogen and oxygen atoms in total. The van der Waals surface area contributed by atoms with Crippen molar-refractivity contribution in [3.63, 3.8) is 0 Å². The van der Waals surface area contributed by atoms with Gasteiger partial charge >= 0.3 is 6.61 Å². The van der Waals surface area contributed by atoms with Crippen molar-refractivity contribution in [1.82, 2.24) is 9.55 Å². The SMILES string of the molecule is FC(F)Oc1c(Cl)ccc2c1[C@H]1C[C@@H](N=C2)c2nc3ccccc3n21. The summed E-state index contributed by atoms with van der Waals surface area (Å²) >= 11 is 6.19. The maximum atomic E-state index is 13.0. The van der Waals surface area contributed by atoms with Gasteiger partial charge in [0.2, 0.25) is 0 Å². The van der Waals surface area contributed by atoms with Crippen LogP contribution in [0.5, 0.6) is 5.75 Å². The zero-order chi connectivity index (χ0) is 17.1. The van der Waals surface area contributed by atoms with Crippen LogP contribution >= 0.6 is 11.6 Å². The number of fused-ring (bicyclic) bond motifs is 9. The van der Waals surface area contributed by atoms with Crippen molar-refractivity contribution in [2.24, 2.45) is 4.99 Å². The van der Waals surface area contributed by atoms with E-state index >= 15 is 0 Å². The molecule has 2 aliphatic rings. The molecule has 0 radical (unpaired) electrons. The molecule has 3 aromatic rings. The van der Waals surface area contributed by atoms with E-state index in [9.17, 15) is 8.78 Å². The summed E-state index contributed by atoms with van der Waals surface area (Å²) in [5.74, 6) is 0.868. The quantitative estimate of drug-likeness (QED) is 0.662. The van der Waals surface area contributed by atoms with Crippen LogP contribution in [0.3, 0.4) is 0 Å². The summed E-state index contributed by atoms with van der Waals surface area (Å²) in [6, 6.07) is 10.8. The van der Waals surface area contributed by atoms with Gasteiger partial charge in [0.05, 0.1) is 22.1 Å². The standard InChI is InChI=1S/C18H12ClF2N3O/c19-10-6-5-9-8-22-12-7-14(15(9)16(10)25-18(20)21)24-13-4-2-1-3-11(13)23-17(12)24/h1-6,8,12,14,18H,7H2/t12-,14-/m1/s1. The summed E-state index contributed by atoms with van der Waals surface area (Å²) in [5, 5.41) is 0.170. The molecule has 0 aliphatic carbocycles. The van der Waals surface area contributed by atoms with Gasteiger partial charge in [0, 0.05) is 23.8 Å². The molecule has 0 saturated carbocycles. The van der Waals surface area contributed by atoms with Crippen molar-refractivity contribution in [2.75, 3.05) is 0 Å². The predicted molar refractivity (Wildman–Crippen MR) is 90.9 cm³/mol. The smallest absolute Gasteiger partial charge is 0.387 e. The first-order chi connectivity index (χ1) is 12.1. The van der Waals surface area contributed by atoms with Gasteiger partial charge in [-0.2, -0.15) is 8.78 Å². The van der Waals surface area contributed by atoms with Gasteiger partial charge < -0.3 is 9.30 Å². The second kappa shape index (κ2) is 5.26. The first kappa shape index (κ1) is 14.8. The number of para-hydroxylation sites is 2. The molecule has 25 heavy (non-hydrogen) atoms. The summed E-state index contributed by atoms with van der Waals surface area (Å²) in [4.78, 5) is 9.31. The van der Waals surface area contributed by atoms with Crippen molar-refractivity contribution < 1.29 is 13.5 Å². The Morgan fingerprint density at radius 3 is 2.88 bits per heavy atom. The molecule has 2 bridgehead atoms. The van der Waals surface area contributed by atoms with Crippen LogP contribution in [0.25, 0.3) is 11.0 Å². The summed E-state index contributed by atoms with van der Waals surface area (Å²) in [6.45, 7) is -2.94. The predicted octanol–water partition coefficient (Wildman–Crippen LogP) is 4.76. The third-order valence-electron chi connectivity index (χ3n) is 4.79.